The molecule has 0 saturated heterocycles. The molecule has 4 nitrogen and oxygen atoms in total. The van der Waals surface area contributed by atoms with Crippen molar-refractivity contribution in [1.29, 1.82) is 0 Å². The molecule has 0 aromatic carbocycles. The minimum atomic E-state index is -0.959. The lowest BCUT2D eigenvalue weighted by atomic mass is 10.1. The predicted octanol–water partition coefficient (Wildman–Crippen LogP) is 1.70. The maximum Gasteiger partial charge on any atom is 0.323 e. The third-order valence-corrected chi connectivity index (χ3v) is 3.65. The van der Waals surface area contributed by atoms with Crippen molar-refractivity contribution in [2.24, 2.45) is 5.92 Å². The van der Waals surface area contributed by atoms with E-state index >= 15 is 0 Å². The second kappa shape index (κ2) is 7.54. The minimum Gasteiger partial charge on any atom is -0.480 e. The number of nitrogens with zero attached hydrogens (tertiary/aromatic N) is 1. The standard InChI is InChI=1S/C11H21NO3S/c1-5-12(7-9(13)14)11(15)10(8(3)4)16-6-2/h8,10H,5-7H2,1-4H3,(H,13,14). The van der Waals surface area contributed by atoms with Crippen LogP contribution >= 0.6 is 11.8 Å². The van der Waals surface area contributed by atoms with Gasteiger partial charge in [0.2, 0.25) is 5.91 Å². The molecular formula is C11H21NO3S. The number of carboxylic acids is 1. The molecule has 0 aromatic heterocycles. The number of hydrogen-bond acceptors (Lipinski definition) is 3. The maximum atomic E-state index is 12.1. The Hall–Kier alpha value is -0.710. The predicted molar refractivity (Wildman–Crippen MR) is 66.6 cm³/mol. The van der Waals surface area contributed by atoms with Crippen LogP contribution in [0.15, 0.2) is 0 Å². The Kier molecular flexibility index (Phi) is 7.21. The molecule has 5 heteroatoms. The molecule has 0 aliphatic heterocycles. The molecule has 1 unspecified atom stereocenters. The summed E-state index contributed by atoms with van der Waals surface area (Å²) < 4.78 is 0. The summed E-state index contributed by atoms with van der Waals surface area (Å²) in [7, 11) is 0. The third-order valence-electron chi connectivity index (χ3n) is 2.21. The van der Waals surface area contributed by atoms with Gasteiger partial charge in [-0.1, -0.05) is 20.8 Å². The lowest BCUT2D eigenvalue weighted by Gasteiger charge is -2.26. The SMILES string of the molecule is CCSC(C(=O)N(CC)CC(=O)O)C(C)C. The average molecular weight is 247 g/mol. The Bertz CT molecular complexity index is 243. The van der Waals surface area contributed by atoms with Crippen molar-refractivity contribution < 1.29 is 14.7 Å². The molecule has 0 heterocycles. The molecule has 0 aliphatic carbocycles. The Morgan fingerprint density at radius 3 is 2.19 bits per heavy atom. The van der Waals surface area contributed by atoms with E-state index in [9.17, 15) is 9.59 Å². The second-order valence-electron chi connectivity index (χ2n) is 3.87. The number of hydrogen-bond donors (Lipinski definition) is 1. The van der Waals surface area contributed by atoms with Crippen molar-refractivity contribution in [2.45, 2.75) is 32.9 Å². The first-order valence-corrected chi connectivity index (χ1v) is 6.61. The van der Waals surface area contributed by atoms with Gasteiger partial charge >= 0.3 is 5.97 Å². The summed E-state index contributed by atoms with van der Waals surface area (Å²) in [6.45, 7) is 8.01. The summed E-state index contributed by atoms with van der Waals surface area (Å²) in [5.41, 5.74) is 0. The summed E-state index contributed by atoms with van der Waals surface area (Å²) in [6, 6.07) is 0. The zero-order valence-electron chi connectivity index (χ0n) is 10.4. The lowest BCUT2D eigenvalue weighted by Crippen LogP contribution is -2.42. The summed E-state index contributed by atoms with van der Waals surface area (Å²) in [4.78, 5) is 24.1. The van der Waals surface area contributed by atoms with E-state index in [0.29, 0.717) is 6.54 Å². The van der Waals surface area contributed by atoms with Crippen molar-refractivity contribution >= 4 is 23.6 Å². The van der Waals surface area contributed by atoms with Crippen LogP contribution in [-0.4, -0.2) is 46.0 Å². The molecule has 0 spiro atoms. The molecule has 94 valence electrons. The van der Waals surface area contributed by atoms with Crippen LogP contribution in [0.3, 0.4) is 0 Å². The average Bonchev–Trinajstić information content (AvgIpc) is 2.20. The Morgan fingerprint density at radius 2 is 1.88 bits per heavy atom. The number of carbonyl (C=O) groups is 2. The quantitative estimate of drug-likeness (QED) is 0.744. The highest BCUT2D eigenvalue weighted by atomic mass is 32.2. The van der Waals surface area contributed by atoms with E-state index in [1.807, 2.05) is 20.8 Å². The summed E-state index contributed by atoms with van der Waals surface area (Å²) in [5, 5.41) is 8.58. The van der Waals surface area contributed by atoms with Crippen LogP contribution < -0.4 is 0 Å². The molecule has 16 heavy (non-hydrogen) atoms. The van der Waals surface area contributed by atoms with Gasteiger partial charge in [0.15, 0.2) is 0 Å². The van der Waals surface area contributed by atoms with Gasteiger partial charge in [-0.3, -0.25) is 9.59 Å². The normalized spacial score (nSPS) is 12.6. The Labute approximate surface area is 101 Å². The van der Waals surface area contributed by atoms with E-state index in [1.54, 1.807) is 18.7 Å². The van der Waals surface area contributed by atoms with Gasteiger partial charge in [-0.2, -0.15) is 0 Å². The van der Waals surface area contributed by atoms with Crippen LogP contribution in [-0.2, 0) is 9.59 Å². The van der Waals surface area contributed by atoms with E-state index in [1.165, 1.54) is 4.90 Å². The van der Waals surface area contributed by atoms with Crippen LogP contribution in [0.2, 0.25) is 0 Å². The van der Waals surface area contributed by atoms with Gasteiger partial charge in [0.05, 0.1) is 5.25 Å². The molecule has 0 aliphatic rings. The fourth-order valence-corrected chi connectivity index (χ4v) is 2.45. The molecule has 0 bridgehead atoms. The maximum absolute atomic E-state index is 12.1. The summed E-state index contributed by atoms with van der Waals surface area (Å²) in [6.07, 6.45) is 0. The fraction of sp³-hybridized carbons (Fsp3) is 0.818. The molecule has 1 amide bonds. The Morgan fingerprint density at radius 1 is 1.31 bits per heavy atom. The van der Waals surface area contributed by atoms with Crippen molar-refractivity contribution in [3.05, 3.63) is 0 Å². The zero-order chi connectivity index (χ0) is 12.7. The number of likely N-dealkylation sites (N-methyl/N-ethyl adjacent to an activating group) is 1. The van der Waals surface area contributed by atoms with Gasteiger partial charge in [0.25, 0.3) is 0 Å². The molecule has 0 aromatic rings. The van der Waals surface area contributed by atoms with E-state index in [-0.39, 0.29) is 23.6 Å². The van der Waals surface area contributed by atoms with Crippen LogP contribution in [0.1, 0.15) is 27.7 Å². The monoisotopic (exact) mass is 247 g/mol. The fourth-order valence-electron chi connectivity index (χ4n) is 1.42. The zero-order valence-corrected chi connectivity index (χ0v) is 11.2. The van der Waals surface area contributed by atoms with Gasteiger partial charge in [0, 0.05) is 6.54 Å². The number of rotatable bonds is 7. The molecule has 0 radical (unpaired) electrons. The number of aliphatic carboxylic acids is 1. The first-order chi connectivity index (χ1) is 7.43. The van der Waals surface area contributed by atoms with Gasteiger partial charge in [-0.15, -0.1) is 11.8 Å². The second-order valence-corrected chi connectivity index (χ2v) is 5.28. The van der Waals surface area contributed by atoms with Crippen molar-refractivity contribution in [3.8, 4) is 0 Å². The van der Waals surface area contributed by atoms with Crippen molar-refractivity contribution in [2.75, 3.05) is 18.8 Å². The molecular weight excluding hydrogens is 226 g/mol. The van der Waals surface area contributed by atoms with E-state index in [0.717, 1.165) is 5.75 Å². The first-order valence-electron chi connectivity index (χ1n) is 5.56. The smallest absolute Gasteiger partial charge is 0.323 e. The molecule has 0 rings (SSSR count). The highest BCUT2D eigenvalue weighted by Crippen LogP contribution is 2.21. The third kappa shape index (κ3) is 4.88. The van der Waals surface area contributed by atoms with Crippen LogP contribution in [0, 0.1) is 5.92 Å². The Balaban J connectivity index is 4.61. The van der Waals surface area contributed by atoms with E-state index in [2.05, 4.69) is 0 Å². The molecule has 1 N–H and O–H groups in total. The molecule has 1 atom stereocenters. The lowest BCUT2D eigenvalue weighted by molar-refractivity contribution is -0.144. The van der Waals surface area contributed by atoms with Crippen LogP contribution in [0.5, 0.6) is 0 Å². The highest BCUT2D eigenvalue weighted by molar-refractivity contribution is 8.00. The molecule has 0 fully saturated rings. The topological polar surface area (TPSA) is 57.6 Å². The van der Waals surface area contributed by atoms with E-state index < -0.39 is 5.97 Å². The van der Waals surface area contributed by atoms with Gasteiger partial charge in [0.1, 0.15) is 6.54 Å². The molecule has 0 saturated carbocycles. The van der Waals surface area contributed by atoms with Crippen molar-refractivity contribution in [3.63, 3.8) is 0 Å². The van der Waals surface area contributed by atoms with Crippen LogP contribution in [0.25, 0.3) is 0 Å². The van der Waals surface area contributed by atoms with Crippen LogP contribution in [0.4, 0.5) is 0 Å². The number of carboxylic acid groups (broad SMARTS) is 1. The van der Waals surface area contributed by atoms with Gasteiger partial charge in [-0.25, -0.2) is 0 Å². The number of amides is 1. The summed E-state index contributed by atoms with van der Waals surface area (Å²) >= 11 is 1.58. The van der Waals surface area contributed by atoms with E-state index in [4.69, 9.17) is 5.11 Å². The largest absolute Gasteiger partial charge is 0.480 e. The minimum absolute atomic E-state index is 0.0632. The number of carbonyl (C=O) groups excluding carboxylic acids is 1. The first kappa shape index (κ1) is 15.3. The van der Waals surface area contributed by atoms with Gasteiger partial charge < -0.3 is 10.0 Å². The van der Waals surface area contributed by atoms with Crippen molar-refractivity contribution in [1.82, 2.24) is 4.90 Å². The van der Waals surface area contributed by atoms with Gasteiger partial charge in [-0.05, 0) is 18.6 Å². The summed E-state index contributed by atoms with van der Waals surface area (Å²) in [5.74, 6) is 0.0606. The highest BCUT2D eigenvalue weighted by Gasteiger charge is 2.27. The number of thioether (sulfide) groups is 1.